The molecule has 0 aliphatic heterocycles. The highest BCUT2D eigenvalue weighted by molar-refractivity contribution is 4.93. The minimum absolute atomic E-state index is 0.0396. The summed E-state index contributed by atoms with van der Waals surface area (Å²) >= 11 is 0. The molecule has 1 heterocycles. The van der Waals surface area contributed by atoms with E-state index in [9.17, 15) is 4.79 Å². The number of nitrogens with zero attached hydrogens (tertiary/aromatic N) is 1. The Morgan fingerprint density at radius 2 is 2.29 bits per heavy atom. The van der Waals surface area contributed by atoms with Crippen molar-refractivity contribution in [3.8, 4) is 0 Å². The number of pyridine rings is 1. The first-order chi connectivity index (χ1) is 8.29. The van der Waals surface area contributed by atoms with Gasteiger partial charge in [0.05, 0.1) is 12.7 Å². The van der Waals surface area contributed by atoms with Crippen molar-refractivity contribution >= 4 is 0 Å². The summed E-state index contributed by atoms with van der Waals surface area (Å²) in [4.78, 5) is 11.4. The van der Waals surface area contributed by atoms with Crippen molar-refractivity contribution in [1.29, 1.82) is 0 Å². The summed E-state index contributed by atoms with van der Waals surface area (Å²) in [7, 11) is 1.98. The first-order valence-corrected chi connectivity index (χ1v) is 6.21. The Morgan fingerprint density at radius 1 is 1.47 bits per heavy atom. The van der Waals surface area contributed by atoms with E-state index in [0.717, 1.165) is 25.3 Å². The normalized spacial score (nSPS) is 23.4. The lowest BCUT2D eigenvalue weighted by atomic mass is 9.82. The maximum absolute atomic E-state index is 11.4. The van der Waals surface area contributed by atoms with Gasteiger partial charge in [0.2, 0.25) is 0 Å². The second kappa shape index (κ2) is 5.98. The molecule has 4 heteroatoms. The van der Waals surface area contributed by atoms with Crippen LogP contribution in [0.25, 0.3) is 0 Å². The van der Waals surface area contributed by atoms with Crippen LogP contribution in [-0.2, 0) is 11.3 Å². The molecular formula is C13H20N2O2. The Morgan fingerprint density at radius 3 is 3.00 bits per heavy atom. The number of rotatable bonds is 6. The monoisotopic (exact) mass is 236 g/mol. The van der Waals surface area contributed by atoms with Crippen molar-refractivity contribution in [2.24, 2.45) is 5.92 Å². The summed E-state index contributed by atoms with van der Waals surface area (Å²) in [5, 5.41) is 3.18. The summed E-state index contributed by atoms with van der Waals surface area (Å²) in [5.74, 6) is 0.768. The van der Waals surface area contributed by atoms with E-state index < -0.39 is 0 Å². The minimum atomic E-state index is 0.0396. The lowest BCUT2D eigenvalue weighted by Gasteiger charge is -2.35. The molecule has 1 aromatic rings. The number of hydrogen-bond acceptors (Lipinski definition) is 3. The fraction of sp³-hybridized carbons (Fsp3) is 0.615. The summed E-state index contributed by atoms with van der Waals surface area (Å²) in [6.45, 7) is 2.35. The molecule has 1 aliphatic rings. The molecule has 17 heavy (non-hydrogen) atoms. The van der Waals surface area contributed by atoms with Crippen molar-refractivity contribution in [2.75, 3.05) is 20.2 Å². The molecule has 0 amide bonds. The maximum atomic E-state index is 11.4. The van der Waals surface area contributed by atoms with E-state index in [4.69, 9.17) is 4.74 Å². The molecule has 0 spiro atoms. The van der Waals surface area contributed by atoms with Crippen LogP contribution in [-0.4, -0.2) is 30.9 Å². The highest BCUT2D eigenvalue weighted by atomic mass is 16.5. The van der Waals surface area contributed by atoms with Crippen molar-refractivity contribution in [3.05, 3.63) is 34.7 Å². The van der Waals surface area contributed by atoms with E-state index in [0.29, 0.717) is 19.3 Å². The number of aromatic nitrogens is 1. The fourth-order valence-electron chi connectivity index (χ4n) is 2.23. The lowest BCUT2D eigenvalue weighted by molar-refractivity contribution is -0.0325. The average Bonchev–Trinajstić information content (AvgIpc) is 2.28. The predicted octanol–water partition coefficient (Wildman–Crippen LogP) is 0.863. The van der Waals surface area contributed by atoms with Gasteiger partial charge < -0.3 is 14.6 Å². The van der Waals surface area contributed by atoms with Gasteiger partial charge in [-0.05, 0) is 38.4 Å². The van der Waals surface area contributed by atoms with Crippen LogP contribution in [0.2, 0.25) is 0 Å². The minimum Gasteiger partial charge on any atom is -0.376 e. The summed E-state index contributed by atoms with van der Waals surface area (Å²) in [6.07, 6.45) is 4.48. The van der Waals surface area contributed by atoms with Gasteiger partial charge in [-0.25, -0.2) is 0 Å². The first kappa shape index (κ1) is 12.3. The van der Waals surface area contributed by atoms with Gasteiger partial charge in [0.25, 0.3) is 5.56 Å². The van der Waals surface area contributed by atoms with Crippen LogP contribution in [0.1, 0.15) is 12.8 Å². The summed E-state index contributed by atoms with van der Waals surface area (Å²) in [6, 6.07) is 5.20. The van der Waals surface area contributed by atoms with E-state index in [1.54, 1.807) is 22.9 Å². The van der Waals surface area contributed by atoms with Crippen LogP contribution >= 0.6 is 0 Å². The molecule has 0 bridgehead atoms. The third kappa shape index (κ3) is 3.41. The Kier molecular flexibility index (Phi) is 4.34. The van der Waals surface area contributed by atoms with Crippen molar-refractivity contribution < 1.29 is 4.74 Å². The Hall–Kier alpha value is -1.13. The number of nitrogens with one attached hydrogen (secondary N) is 1. The van der Waals surface area contributed by atoms with Gasteiger partial charge in [0.1, 0.15) is 0 Å². The van der Waals surface area contributed by atoms with Gasteiger partial charge in [-0.15, -0.1) is 0 Å². The van der Waals surface area contributed by atoms with E-state index in [2.05, 4.69) is 5.32 Å². The topological polar surface area (TPSA) is 43.3 Å². The SMILES string of the molecule is CNCC1CC(OCCn2ccccc2=O)C1. The zero-order valence-electron chi connectivity index (χ0n) is 10.3. The molecule has 0 radical (unpaired) electrons. The van der Waals surface area contributed by atoms with Gasteiger partial charge in [-0.3, -0.25) is 4.79 Å². The number of ether oxygens (including phenoxy) is 1. The Bertz CT molecular complexity index is 396. The highest BCUT2D eigenvalue weighted by Gasteiger charge is 2.28. The molecular weight excluding hydrogens is 216 g/mol. The average molecular weight is 236 g/mol. The van der Waals surface area contributed by atoms with E-state index in [1.807, 2.05) is 13.1 Å². The number of hydrogen-bond donors (Lipinski definition) is 1. The summed E-state index contributed by atoms with van der Waals surface area (Å²) in [5.41, 5.74) is 0.0396. The molecule has 0 unspecified atom stereocenters. The zero-order valence-corrected chi connectivity index (χ0v) is 10.3. The predicted molar refractivity (Wildman–Crippen MR) is 67.1 cm³/mol. The van der Waals surface area contributed by atoms with E-state index in [1.165, 1.54) is 0 Å². The van der Waals surface area contributed by atoms with Gasteiger partial charge in [0.15, 0.2) is 0 Å². The maximum Gasteiger partial charge on any atom is 0.250 e. The molecule has 4 nitrogen and oxygen atoms in total. The lowest BCUT2D eigenvalue weighted by Crippen LogP contribution is -2.37. The van der Waals surface area contributed by atoms with Crippen molar-refractivity contribution in [3.63, 3.8) is 0 Å². The summed E-state index contributed by atoms with van der Waals surface area (Å²) < 4.78 is 7.41. The molecule has 1 saturated carbocycles. The second-order valence-electron chi connectivity index (χ2n) is 4.62. The molecule has 1 aromatic heterocycles. The van der Waals surface area contributed by atoms with Crippen LogP contribution in [0.4, 0.5) is 0 Å². The largest absolute Gasteiger partial charge is 0.376 e. The van der Waals surface area contributed by atoms with Gasteiger partial charge in [-0.2, -0.15) is 0 Å². The highest BCUT2D eigenvalue weighted by Crippen LogP contribution is 2.29. The molecule has 1 N–H and O–H groups in total. The van der Waals surface area contributed by atoms with Crippen LogP contribution in [0, 0.1) is 5.92 Å². The molecule has 1 fully saturated rings. The fourth-order valence-corrected chi connectivity index (χ4v) is 2.23. The van der Waals surface area contributed by atoms with Crippen LogP contribution in [0.5, 0.6) is 0 Å². The molecule has 2 rings (SSSR count). The molecule has 0 saturated heterocycles. The zero-order chi connectivity index (χ0) is 12.1. The molecule has 1 aliphatic carbocycles. The van der Waals surface area contributed by atoms with E-state index >= 15 is 0 Å². The molecule has 0 aromatic carbocycles. The van der Waals surface area contributed by atoms with Gasteiger partial charge in [0, 0.05) is 18.8 Å². The van der Waals surface area contributed by atoms with Gasteiger partial charge in [-0.1, -0.05) is 6.07 Å². The van der Waals surface area contributed by atoms with Gasteiger partial charge >= 0.3 is 0 Å². The third-order valence-electron chi connectivity index (χ3n) is 3.27. The van der Waals surface area contributed by atoms with Crippen LogP contribution in [0.3, 0.4) is 0 Å². The molecule has 0 atom stereocenters. The first-order valence-electron chi connectivity index (χ1n) is 6.21. The Labute approximate surface area is 102 Å². The smallest absolute Gasteiger partial charge is 0.250 e. The van der Waals surface area contributed by atoms with Crippen molar-refractivity contribution in [2.45, 2.75) is 25.5 Å². The third-order valence-corrected chi connectivity index (χ3v) is 3.27. The molecule has 94 valence electrons. The van der Waals surface area contributed by atoms with Crippen molar-refractivity contribution in [1.82, 2.24) is 9.88 Å². The van der Waals surface area contributed by atoms with E-state index in [-0.39, 0.29) is 5.56 Å². The quantitative estimate of drug-likeness (QED) is 0.797. The van der Waals surface area contributed by atoms with Crippen LogP contribution < -0.4 is 10.9 Å². The Balaban J connectivity index is 1.65. The standard InChI is InChI=1S/C13H20N2O2/c1-14-10-11-8-12(9-11)17-7-6-15-5-3-2-4-13(15)16/h2-5,11-12,14H,6-10H2,1H3. The second-order valence-corrected chi connectivity index (χ2v) is 4.62. The van der Waals surface area contributed by atoms with Crippen LogP contribution in [0.15, 0.2) is 29.2 Å².